The van der Waals surface area contributed by atoms with E-state index in [-0.39, 0.29) is 12.2 Å². The largest absolute Gasteiger partial charge is 0.391 e. The molecule has 4 heteroatoms. The zero-order valence-corrected chi connectivity index (χ0v) is 8.31. The number of hydrogen-bond donors (Lipinski definition) is 1. The minimum atomic E-state index is -0.349. The summed E-state index contributed by atoms with van der Waals surface area (Å²) in [5.41, 5.74) is -0.349. The van der Waals surface area contributed by atoms with Gasteiger partial charge in [-0.15, -0.1) is 11.3 Å². The van der Waals surface area contributed by atoms with E-state index in [1.807, 2.05) is 13.8 Å². The Hall–Kier alpha value is -0.450. The van der Waals surface area contributed by atoms with Crippen molar-refractivity contribution >= 4 is 11.3 Å². The topological polar surface area (TPSA) is 42.4 Å². The molecule has 0 aliphatic rings. The zero-order valence-electron chi connectivity index (χ0n) is 7.50. The highest BCUT2D eigenvalue weighted by atomic mass is 32.1. The Morgan fingerprint density at radius 1 is 1.67 bits per heavy atom. The summed E-state index contributed by atoms with van der Waals surface area (Å²) in [7, 11) is 1.65. The van der Waals surface area contributed by atoms with Gasteiger partial charge in [-0.2, -0.15) is 0 Å². The molecule has 0 spiro atoms. The van der Waals surface area contributed by atoms with Crippen LogP contribution >= 0.6 is 11.3 Å². The van der Waals surface area contributed by atoms with Crippen LogP contribution in [0, 0.1) is 0 Å². The van der Waals surface area contributed by atoms with Gasteiger partial charge >= 0.3 is 0 Å². The number of aliphatic hydroxyl groups is 1. The predicted octanol–water partition coefficient (Wildman–Crippen LogP) is 1.52. The van der Waals surface area contributed by atoms with Crippen molar-refractivity contribution in [2.45, 2.75) is 26.1 Å². The Balaban J connectivity index is 2.88. The Morgan fingerprint density at radius 2 is 2.33 bits per heavy atom. The van der Waals surface area contributed by atoms with E-state index in [1.54, 1.807) is 13.3 Å². The number of hydrogen-bond acceptors (Lipinski definition) is 4. The molecule has 0 radical (unpaired) electrons. The van der Waals surface area contributed by atoms with Crippen LogP contribution in [-0.4, -0.2) is 17.2 Å². The quantitative estimate of drug-likeness (QED) is 0.780. The van der Waals surface area contributed by atoms with Crippen molar-refractivity contribution in [3.05, 3.63) is 16.1 Å². The summed E-state index contributed by atoms with van der Waals surface area (Å²) < 4.78 is 5.25. The molecule has 1 rings (SSSR count). The van der Waals surface area contributed by atoms with E-state index < -0.39 is 0 Å². The van der Waals surface area contributed by atoms with Crippen LogP contribution in [0.25, 0.3) is 0 Å². The van der Waals surface area contributed by atoms with Gasteiger partial charge in [0.1, 0.15) is 10.6 Å². The third-order valence-electron chi connectivity index (χ3n) is 1.73. The van der Waals surface area contributed by atoms with Crippen molar-refractivity contribution in [1.29, 1.82) is 0 Å². The molecule has 0 aliphatic heterocycles. The van der Waals surface area contributed by atoms with Gasteiger partial charge in [0, 0.05) is 13.3 Å². The molecule has 0 saturated heterocycles. The molecule has 68 valence electrons. The lowest BCUT2D eigenvalue weighted by Gasteiger charge is -2.19. The molecular formula is C8H13NO2S. The number of rotatable bonds is 3. The van der Waals surface area contributed by atoms with E-state index in [4.69, 9.17) is 9.84 Å². The number of thiazole rings is 1. The summed E-state index contributed by atoms with van der Waals surface area (Å²) in [6.45, 7) is 3.96. The van der Waals surface area contributed by atoms with Crippen molar-refractivity contribution in [2.24, 2.45) is 0 Å². The summed E-state index contributed by atoms with van der Waals surface area (Å²) in [6.07, 6.45) is 1.68. The molecule has 12 heavy (non-hydrogen) atoms. The van der Waals surface area contributed by atoms with E-state index in [0.29, 0.717) is 0 Å². The van der Waals surface area contributed by atoms with Crippen molar-refractivity contribution in [2.75, 3.05) is 7.11 Å². The summed E-state index contributed by atoms with van der Waals surface area (Å²) >= 11 is 1.48. The lowest BCUT2D eigenvalue weighted by atomic mass is 10.1. The van der Waals surface area contributed by atoms with Gasteiger partial charge in [-0.1, -0.05) is 0 Å². The Labute approximate surface area is 76.0 Å². The van der Waals surface area contributed by atoms with Gasteiger partial charge in [-0.25, -0.2) is 4.98 Å². The normalized spacial score (nSPS) is 12.0. The predicted molar refractivity (Wildman–Crippen MR) is 48.1 cm³/mol. The monoisotopic (exact) mass is 187 g/mol. The third-order valence-corrected chi connectivity index (χ3v) is 3.02. The highest BCUT2D eigenvalue weighted by Gasteiger charge is 2.23. The second-order valence-electron chi connectivity index (χ2n) is 3.00. The van der Waals surface area contributed by atoms with Crippen LogP contribution in [0.2, 0.25) is 0 Å². The van der Waals surface area contributed by atoms with Crippen LogP contribution in [-0.2, 0) is 16.9 Å². The van der Waals surface area contributed by atoms with Crippen LogP contribution in [0.5, 0.6) is 0 Å². The summed E-state index contributed by atoms with van der Waals surface area (Å²) in [6, 6.07) is 0. The van der Waals surface area contributed by atoms with Crippen LogP contribution in [0.4, 0.5) is 0 Å². The lowest BCUT2D eigenvalue weighted by Crippen LogP contribution is -2.18. The van der Waals surface area contributed by atoms with Crippen LogP contribution in [0.1, 0.15) is 23.7 Å². The molecule has 1 aromatic heterocycles. The van der Waals surface area contributed by atoms with Crippen molar-refractivity contribution in [3.8, 4) is 0 Å². The number of aliphatic hydroxyl groups excluding tert-OH is 1. The van der Waals surface area contributed by atoms with Gasteiger partial charge in [0.15, 0.2) is 0 Å². The SMILES string of the molecule is COC(C)(C)c1ncc(CO)s1. The number of methoxy groups -OCH3 is 1. The molecule has 1 aromatic rings. The standard InChI is InChI=1S/C8H13NO2S/c1-8(2,11-3)7-9-4-6(5-10)12-7/h4,10H,5H2,1-3H3. The fraction of sp³-hybridized carbons (Fsp3) is 0.625. The first-order valence-corrected chi connectivity index (χ1v) is 4.53. The molecule has 0 aromatic carbocycles. The van der Waals surface area contributed by atoms with E-state index in [2.05, 4.69) is 4.98 Å². The fourth-order valence-electron chi connectivity index (χ4n) is 0.746. The molecule has 0 bridgehead atoms. The van der Waals surface area contributed by atoms with Crippen molar-refractivity contribution in [1.82, 2.24) is 4.98 Å². The summed E-state index contributed by atoms with van der Waals surface area (Å²) in [5, 5.41) is 9.72. The number of ether oxygens (including phenoxy) is 1. The van der Waals surface area contributed by atoms with E-state index in [9.17, 15) is 0 Å². The minimum absolute atomic E-state index is 0.0530. The molecule has 0 unspecified atom stereocenters. The maximum absolute atomic E-state index is 8.82. The fourth-order valence-corrected chi connectivity index (χ4v) is 1.60. The van der Waals surface area contributed by atoms with Gasteiger partial charge < -0.3 is 9.84 Å². The highest BCUT2D eigenvalue weighted by molar-refractivity contribution is 7.11. The highest BCUT2D eigenvalue weighted by Crippen LogP contribution is 2.27. The Kier molecular flexibility index (Phi) is 2.82. The molecular weight excluding hydrogens is 174 g/mol. The van der Waals surface area contributed by atoms with Gasteiger partial charge in [-0.05, 0) is 13.8 Å². The molecule has 1 heterocycles. The molecule has 1 N–H and O–H groups in total. The molecule has 3 nitrogen and oxygen atoms in total. The number of aromatic nitrogens is 1. The van der Waals surface area contributed by atoms with E-state index >= 15 is 0 Å². The zero-order chi connectivity index (χ0) is 9.19. The Bertz CT molecular complexity index is 257. The first-order chi connectivity index (χ1) is 5.60. The average molecular weight is 187 g/mol. The third kappa shape index (κ3) is 1.83. The van der Waals surface area contributed by atoms with Gasteiger partial charge in [0.05, 0.1) is 11.5 Å². The Morgan fingerprint density at radius 3 is 2.75 bits per heavy atom. The first-order valence-electron chi connectivity index (χ1n) is 3.71. The van der Waals surface area contributed by atoms with E-state index in [0.717, 1.165) is 9.88 Å². The molecule has 0 aliphatic carbocycles. The lowest BCUT2D eigenvalue weighted by molar-refractivity contribution is 0.0190. The maximum atomic E-state index is 8.82. The summed E-state index contributed by atoms with van der Waals surface area (Å²) in [5.74, 6) is 0. The van der Waals surface area contributed by atoms with Crippen molar-refractivity contribution in [3.63, 3.8) is 0 Å². The second-order valence-corrected chi connectivity index (χ2v) is 4.12. The van der Waals surface area contributed by atoms with Gasteiger partial charge in [0.2, 0.25) is 0 Å². The van der Waals surface area contributed by atoms with Gasteiger partial charge in [0.25, 0.3) is 0 Å². The van der Waals surface area contributed by atoms with Crippen LogP contribution in [0.3, 0.4) is 0 Å². The first kappa shape index (κ1) is 9.64. The summed E-state index contributed by atoms with van der Waals surface area (Å²) in [4.78, 5) is 5.03. The molecule has 0 fully saturated rings. The van der Waals surface area contributed by atoms with E-state index in [1.165, 1.54) is 11.3 Å². The minimum Gasteiger partial charge on any atom is -0.391 e. The smallest absolute Gasteiger partial charge is 0.124 e. The molecule has 0 amide bonds. The second kappa shape index (κ2) is 3.51. The molecule has 0 atom stereocenters. The van der Waals surface area contributed by atoms with Crippen LogP contribution < -0.4 is 0 Å². The average Bonchev–Trinajstić information content (AvgIpc) is 2.52. The van der Waals surface area contributed by atoms with Gasteiger partial charge in [-0.3, -0.25) is 0 Å². The maximum Gasteiger partial charge on any atom is 0.124 e. The molecule has 0 saturated carbocycles. The number of nitrogens with zero attached hydrogens (tertiary/aromatic N) is 1. The van der Waals surface area contributed by atoms with Crippen LogP contribution in [0.15, 0.2) is 6.20 Å². The van der Waals surface area contributed by atoms with Crippen molar-refractivity contribution < 1.29 is 9.84 Å².